The number of ether oxygens (including phenoxy) is 1. The first kappa shape index (κ1) is 15.8. The number of aliphatic hydroxyl groups is 1. The molecule has 0 aliphatic carbocycles. The monoisotopic (exact) mass is 295 g/mol. The Morgan fingerprint density at radius 2 is 2.29 bits per heavy atom. The molecule has 2 unspecified atom stereocenters. The summed E-state index contributed by atoms with van der Waals surface area (Å²) in [7, 11) is 1.39. The van der Waals surface area contributed by atoms with Crippen molar-refractivity contribution in [2.45, 2.75) is 44.8 Å². The molecule has 2 atom stereocenters. The summed E-state index contributed by atoms with van der Waals surface area (Å²) in [5, 5.41) is 9.57. The minimum Gasteiger partial charge on any atom is -0.494 e. The summed E-state index contributed by atoms with van der Waals surface area (Å²) >= 11 is 0. The van der Waals surface area contributed by atoms with Gasteiger partial charge in [-0.2, -0.15) is 0 Å². The molecule has 0 aromatic heterocycles. The van der Waals surface area contributed by atoms with E-state index in [0.29, 0.717) is 18.5 Å². The van der Waals surface area contributed by atoms with Gasteiger partial charge in [-0.25, -0.2) is 4.39 Å². The Labute approximate surface area is 124 Å². The van der Waals surface area contributed by atoms with Gasteiger partial charge >= 0.3 is 0 Å². The van der Waals surface area contributed by atoms with Gasteiger partial charge in [-0.1, -0.05) is 0 Å². The summed E-state index contributed by atoms with van der Waals surface area (Å²) in [5.74, 6) is -0.583. The Kier molecular flexibility index (Phi) is 5.17. The highest BCUT2D eigenvalue weighted by atomic mass is 19.1. The van der Waals surface area contributed by atoms with Gasteiger partial charge in [0.1, 0.15) is 0 Å². The second-order valence-electron chi connectivity index (χ2n) is 5.58. The SMILES string of the molecule is COc1ccc(C(=O)N2CCCCC2CC(C)O)cc1F. The first-order valence-electron chi connectivity index (χ1n) is 7.35. The number of rotatable bonds is 4. The topological polar surface area (TPSA) is 49.8 Å². The number of hydrogen-bond donors (Lipinski definition) is 1. The number of carbonyl (C=O) groups is 1. The molecule has 1 aromatic rings. The number of likely N-dealkylation sites (tertiary alicyclic amines) is 1. The molecule has 1 aromatic carbocycles. The smallest absolute Gasteiger partial charge is 0.254 e. The number of halogens is 1. The van der Waals surface area contributed by atoms with Crippen LogP contribution in [0.15, 0.2) is 18.2 Å². The zero-order valence-electron chi connectivity index (χ0n) is 12.5. The maximum absolute atomic E-state index is 13.7. The molecule has 1 N–H and O–H groups in total. The maximum atomic E-state index is 13.7. The van der Waals surface area contributed by atoms with Crippen LogP contribution in [0.5, 0.6) is 5.75 Å². The molecule has 5 heteroatoms. The average Bonchev–Trinajstić information content (AvgIpc) is 2.46. The molecule has 0 spiro atoms. The Bertz CT molecular complexity index is 504. The van der Waals surface area contributed by atoms with Crippen LogP contribution < -0.4 is 4.74 Å². The van der Waals surface area contributed by atoms with Gasteiger partial charge in [0.25, 0.3) is 5.91 Å². The van der Waals surface area contributed by atoms with E-state index in [2.05, 4.69) is 0 Å². The third kappa shape index (κ3) is 3.73. The second-order valence-corrected chi connectivity index (χ2v) is 5.58. The fraction of sp³-hybridized carbons (Fsp3) is 0.562. The van der Waals surface area contributed by atoms with E-state index in [9.17, 15) is 14.3 Å². The molecule has 1 heterocycles. The Morgan fingerprint density at radius 3 is 2.90 bits per heavy atom. The normalized spacial score (nSPS) is 20.2. The van der Waals surface area contributed by atoms with Crippen molar-refractivity contribution in [1.82, 2.24) is 4.90 Å². The first-order chi connectivity index (χ1) is 10.0. The van der Waals surface area contributed by atoms with Crippen molar-refractivity contribution in [3.8, 4) is 5.75 Å². The maximum Gasteiger partial charge on any atom is 0.254 e. The van der Waals surface area contributed by atoms with Crippen molar-refractivity contribution in [1.29, 1.82) is 0 Å². The molecule has 21 heavy (non-hydrogen) atoms. The fourth-order valence-corrected chi connectivity index (χ4v) is 2.87. The third-order valence-electron chi connectivity index (χ3n) is 3.90. The highest BCUT2D eigenvalue weighted by Crippen LogP contribution is 2.25. The van der Waals surface area contributed by atoms with Crippen molar-refractivity contribution in [2.75, 3.05) is 13.7 Å². The van der Waals surface area contributed by atoms with Gasteiger partial charge in [0.2, 0.25) is 0 Å². The van der Waals surface area contributed by atoms with Gasteiger partial charge in [-0.05, 0) is 50.8 Å². The quantitative estimate of drug-likeness (QED) is 0.929. The standard InChI is InChI=1S/C16H22FNO3/c1-11(19)9-13-5-3-4-8-18(13)16(20)12-6-7-15(21-2)14(17)10-12/h6-7,10-11,13,19H,3-5,8-9H2,1-2H3. The van der Waals surface area contributed by atoms with Crippen LogP contribution >= 0.6 is 0 Å². The van der Waals surface area contributed by atoms with Gasteiger partial charge < -0.3 is 14.7 Å². The van der Waals surface area contributed by atoms with Gasteiger partial charge in [-0.3, -0.25) is 4.79 Å². The van der Waals surface area contributed by atoms with E-state index in [-0.39, 0.29) is 17.7 Å². The van der Waals surface area contributed by atoms with E-state index in [4.69, 9.17) is 4.74 Å². The van der Waals surface area contributed by atoms with Gasteiger partial charge in [-0.15, -0.1) is 0 Å². The predicted octanol–water partition coefficient (Wildman–Crippen LogP) is 2.60. The molecule has 0 radical (unpaired) electrons. The van der Waals surface area contributed by atoms with Gasteiger partial charge in [0, 0.05) is 18.2 Å². The zero-order valence-corrected chi connectivity index (χ0v) is 12.5. The molecule has 116 valence electrons. The van der Waals surface area contributed by atoms with E-state index >= 15 is 0 Å². The fourth-order valence-electron chi connectivity index (χ4n) is 2.87. The van der Waals surface area contributed by atoms with Crippen molar-refractivity contribution in [2.24, 2.45) is 0 Å². The number of methoxy groups -OCH3 is 1. The molecule has 0 saturated carbocycles. The molecule has 2 rings (SSSR count). The lowest BCUT2D eigenvalue weighted by atomic mass is 9.96. The molecule has 1 aliphatic heterocycles. The Hall–Kier alpha value is -1.62. The summed E-state index contributed by atoms with van der Waals surface area (Å²) in [4.78, 5) is 14.3. The van der Waals surface area contributed by atoms with Crippen LogP contribution in [0.25, 0.3) is 0 Å². The summed E-state index contributed by atoms with van der Waals surface area (Å²) in [6.45, 7) is 2.38. The Balaban J connectivity index is 2.18. The van der Waals surface area contributed by atoms with Crippen molar-refractivity contribution < 1.29 is 19.0 Å². The van der Waals surface area contributed by atoms with Crippen LogP contribution in [-0.2, 0) is 0 Å². The summed E-state index contributed by atoms with van der Waals surface area (Å²) in [6.07, 6.45) is 2.99. The summed E-state index contributed by atoms with van der Waals surface area (Å²) in [5.41, 5.74) is 0.325. The van der Waals surface area contributed by atoms with Gasteiger partial charge in [0.05, 0.1) is 13.2 Å². The van der Waals surface area contributed by atoms with Crippen molar-refractivity contribution in [3.63, 3.8) is 0 Å². The number of amides is 1. The Morgan fingerprint density at radius 1 is 1.52 bits per heavy atom. The highest BCUT2D eigenvalue weighted by molar-refractivity contribution is 5.94. The molecule has 1 saturated heterocycles. The molecule has 1 aliphatic rings. The lowest BCUT2D eigenvalue weighted by Gasteiger charge is -2.36. The number of aliphatic hydroxyl groups excluding tert-OH is 1. The van der Waals surface area contributed by atoms with Crippen LogP contribution in [0.1, 0.15) is 43.0 Å². The first-order valence-corrected chi connectivity index (χ1v) is 7.35. The van der Waals surface area contributed by atoms with E-state index in [1.807, 2.05) is 0 Å². The van der Waals surface area contributed by atoms with Crippen molar-refractivity contribution in [3.05, 3.63) is 29.6 Å². The highest BCUT2D eigenvalue weighted by Gasteiger charge is 2.28. The van der Waals surface area contributed by atoms with Crippen LogP contribution in [-0.4, -0.2) is 41.7 Å². The molecule has 1 amide bonds. The summed E-state index contributed by atoms with van der Waals surface area (Å²) < 4.78 is 18.6. The largest absolute Gasteiger partial charge is 0.494 e. The molecule has 0 bridgehead atoms. The van der Waals surface area contributed by atoms with Crippen LogP contribution in [0.4, 0.5) is 4.39 Å². The van der Waals surface area contributed by atoms with Crippen LogP contribution in [0, 0.1) is 5.82 Å². The zero-order chi connectivity index (χ0) is 15.4. The number of piperidine rings is 1. The molecule has 4 nitrogen and oxygen atoms in total. The minimum atomic E-state index is -0.535. The van der Waals surface area contributed by atoms with E-state index in [1.54, 1.807) is 17.9 Å². The van der Waals surface area contributed by atoms with Crippen LogP contribution in [0.2, 0.25) is 0 Å². The predicted molar refractivity (Wildman–Crippen MR) is 77.9 cm³/mol. The second kappa shape index (κ2) is 6.89. The molecule has 1 fully saturated rings. The lowest BCUT2D eigenvalue weighted by molar-refractivity contribution is 0.0514. The minimum absolute atomic E-state index is 0.0245. The van der Waals surface area contributed by atoms with E-state index < -0.39 is 11.9 Å². The molecular weight excluding hydrogens is 273 g/mol. The van der Waals surface area contributed by atoms with Crippen molar-refractivity contribution >= 4 is 5.91 Å². The van der Waals surface area contributed by atoms with E-state index in [0.717, 1.165) is 19.3 Å². The number of carbonyl (C=O) groups excluding carboxylic acids is 1. The average molecular weight is 295 g/mol. The molecular formula is C16H22FNO3. The van der Waals surface area contributed by atoms with Crippen LogP contribution in [0.3, 0.4) is 0 Å². The van der Waals surface area contributed by atoms with E-state index in [1.165, 1.54) is 19.2 Å². The number of hydrogen-bond acceptors (Lipinski definition) is 3. The van der Waals surface area contributed by atoms with Gasteiger partial charge in [0.15, 0.2) is 11.6 Å². The third-order valence-corrected chi connectivity index (χ3v) is 3.90. The number of nitrogens with zero attached hydrogens (tertiary/aromatic N) is 1. The summed E-state index contributed by atoms with van der Waals surface area (Å²) in [6, 6.07) is 4.29. The lowest BCUT2D eigenvalue weighted by Crippen LogP contribution is -2.45. The number of benzene rings is 1.